The highest BCUT2D eigenvalue weighted by Gasteiger charge is 2.23. The molecule has 0 aliphatic carbocycles. The lowest BCUT2D eigenvalue weighted by molar-refractivity contribution is -0.133. The van der Waals surface area contributed by atoms with E-state index in [1.807, 2.05) is 11.8 Å². The van der Waals surface area contributed by atoms with Gasteiger partial charge in [-0.2, -0.15) is 0 Å². The van der Waals surface area contributed by atoms with Crippen LogP contribution in [-0.2, 0) is 9.53 Å². The van der Waals surface area contributed by atoms with Crippen molar-refractivity contribution in [2.24, 2.45) is 11.7 Å². The minimum atomic E-state index is 0.114. The number of ether oxygens (including phenoxy) is 1. The maximum atomic E-state index is 11.9. The smallest absolute Gasteiger partial charge is 0.222 e. The van der Waals surface area contributed by atoms with E-state index in [0.717, 1.165) is 32.5 Å². The first-order valence-corrected chi connectivity index (χ1v) is 6.15. The predicted molar refractivity (Wildman–Crippen MR) is 64.1 cm³/mol. The minimum Gasteiger partial charge on any atom is -0.384 e. The Morgan fingerprint density at radius 2 is 2.38 bits per heavy atom. The van der Waals surface area contributed by atoms with Crippen molar-refractivity contribution in [2.75, 3.05) is 26.8 Å². The van der Waals surface area contributed by atoms with E-state index < -0.39 is 0 Å². The van der Waals surface area contributed by atoms with Crippen molar-refractivity contribution in [3.8, 4) is 0 Å². The number of hydrogen-bond acceptors (Lipinski definition) is 3. The molecule has 1 rings (SSSR count). The van der Waals surface area contributed by atoms with Crippen LogP contribution in [0.15, 0.2) is 0 Å². The molecule has 0 bridgehead atoms. The molecule has 94 valence electrons. The van der Waals surface area contributed by atoms with E-state index in [2.05, 4.69) is 0 Å². The summed E-state index contributed by atoms with van der Waals surface area (Å²) in [6, 6.07) is 0.114. The van der Waals surface area contributed by atoms with E-state index in [1.54, 1.807) is 7.11 Å². The van der Waals surface area contributed by atoms with Gasteiger partial charge in [-0.25, -0.2) is 0 Å². The predicted octanol–water partition coefficient (Wildman–Crippen LogP) is 0.999. The summed E-state index contributed by atoms with van der Waals surface area (Å²) in [5.74, 6) is 0.760. The Kier molecular flexibility index (Phi) is 5.77. The van der Waals surface area contributed by atoms with Gasteiger partial charge in [0.25, 0.3) is 0 Å². The normalized spacial score (nSPS) is 23.2. The first-order chi connectivity index (χ1) is 7.63. The summed E-state index contributed by atoms with van der Waals surface area (Å²) in [6.45, 7) is 4.46. The largest absolute Gasteiger partial charge is 0.384 e. The first-order valence-electron chi connectivity index (χ1n) is 6.15. The molecule has 0 spiro atoms. The minimum absolute atomic E-state index is 0.114. The molecule has 2 unspecified atom stereocenters. The Morgan fingerprint density at radius 1 is 1.62 bits per heavy atom. The fourth-order valence-corrected chi connectivity index (χ4v) is 2.17. The van der Waals surface area contributed by atoms with Crippen molar-refractivity contribution in [1.29, 1.82) is 0 Å². The Morgan fingerprint density at radius 3 is 3.00 bits per heavy atom. The topological polar surface area (TPSA) is 55.6 Å². The molecule has 16 heavy (non-hydrogen) atoms. The standard InChI is InChI=1S/C12H24N2O2/c1-10(13)5-6-12(15)14-7-3-4-11(8-14)9-16-2/h10-11H,3-9,13H2,1-2H3. The molecule has 1 aliphatic rings. The van der Waals surface area contributed by atoms with Gasteiger partial charge in [0.2, 0.25) is 5.91 Å². The van der Waals surface area contributed by atoms with Crippen molar-refractivity contribution < 1.29 is 9.53 Å². The summed E-state index contributed by atoms with van der Waals surface area (Å²) in [4.78, 5) is 13.8. The number of methoxy groups -OCH3 is 1. The lowest BCUT2D eigenvalue weighted by Crippen LogP contribution is -2.41. The van der Waals surface area contributed by atoms with E-state index in [1.165, 1.54) is 6.42 Å². The van der Waals surface area contributed by atoms with Crippen LogP contribution >= 0.6 is 0 Å². The number of carbonyl (C=O) groups is 1. The van der Waals surface area contributed by atoms with Crippen LogP contribution in [0, 0.1) is 5.92 Å². The zero-order chi connectivity index (χ0) is 12.0. The molecule has 4 nitrogen and oxygen atoms in total. The van der Waals surface area contributed by atoms with E-state index in [-0.39, 0.29) is 11.9 Å². The van der Waals surface area contributed by atoms with Gasteiger partial charge >= 0.3 is 0 Å². The molecular weight excluding hydrogens is 204 g/mol. The van der Waals surface area contributed by atoms with E-state index in [9.17, 15) is 4.79 Å². The van der Waals surface area contributed by atoms with Gasteiger partial charge in [-0.3, -0.25) is 4.79 Å². The van der Waals surface area contributed by atoms with Crippen molar-refractivity contribution in [1.82, 2.24) is 4.90 Å². The SMILES string of the molecule is COCC1CCCN(C(=O)CCC(C)N)C1. The van der Waals surface area contributed by atoms with Crippen LogP contribution in [0.5, 0.6) is 0 Å². The average Bonchev–Trinajstić information content (AvgIpc) is 2.26. The lowest BCUT2D eigenvalue weighted by atomic mass is 9.98. The van der Waals surface area contributed by atoms with E-state index in [0.29, 0.717) is 12.3 Å². The lowest BCUT2D eigenvalue weighted by Gasteiger charge is -2.32. The number of likely N-dealkylation sites (tertiary alicyclic amines) is 1. The maximum Gasteiger partial charge on any atom is 0.222 e. The molecule has 1 fully saturated rings. The summed E-state index contributed by atoms with van der Waals surface area (Å²) >= 11 is 0. The first kappa shape index (κ1) is 13.5. The van der Waals surface area contributed by atoms with Gasteiger partial charge in [0.1, 0.15) is 0 Å². The number of nitrogens with two attached hydrogens (primary N) is 1. The summed E-state index contributed by atoms with van der Waals surface area (Å²) in [6.07, 6.45) is 3.63. The van der Waals surface area contributed by atoms with Gasteiger partial charge in [0.15, 0.2) is 0 Å². The molecular formula is C12H24N2O2. The van der Waals surface area contributed by atoms with Crippen molar-refractivity contribution in [2.45, 2.75) is 38.6 Å². The summed E-state index contributed by atoms with van der Waals surface area (Å²) in [7, 11) is 1.72. The molecule has 1 amide bonds. The Bertz CT molecular complexity index is 217. The highest BCUT2D eigenvalue weighted by molar-refractivity contribution is 5.76. The average molecular weight is 228 g/mol. The number of rotatable bonds is 5. The molecule has 0 saturated carbocycles. The molecule has 0 aromatic rings. The second-order valence-electron chi connectivity index (χ2n) is 4.82. The third kappa shape index (κ3) is 4.49. The van der Waals surface area contributed by atoms with Gasteiger partial charge in [0, 0.05) is 32.7 Å². The number of amides is 1. The van der Waals surface area contributed by atoms with Crippen LogP contribution in [0.4, 0.5) is 0 Å². The molecule has 1 heterocycles. The fraction of sp³-hybridized carbons (Fsp3) is 0.917. The van der Waals surface area contributed by atoms with Gasteiger partial charge in [-0.15, -0.1) is 0 Å². The third-order valence-corrected chi connectivity index (χ3v) is 3.09. The monoisotopic (exact) mass is 228 g/mol. The Hall–Kier alpha value is -0.610. The van der Waals surface area contributed by atoms with Crippen molar-refractivity contribution in [3.63, 3.8) is 0 Å². The van der Waals surface area contributed by atoms with Crippen LogP contribution in [0.1, 0.15) is 32.6 Å². The van der Waals surface area contributed by atoms with Crippen molar-refractivity contribution >= 4 is 5.91 Å². The quantitative estimate of drug-likeness (QED) is 0.763. The van der Waals surface area contributed by atoms with Gasteiger partial charge in [-0.05, 0) is 32.1 Å². The maximum absolute atomic E-state index is 11.9. The Labute approximate surface area is 98.1 Å². The van der Waals surface area contributed by atoms with Crippen LogP contribution < -0.4 is 5.73 Å². The Balaban J connectivity index is 2.32. The zero-order valence-electron chi connectivity index (χ0n) is 10.4. The molecule has 1 aliphatic heterocycles. The van der Waals surface area contributed by atoms with Gasteiger partial charge in [0.05, 0.1) is 6.61 Å². The van der Waals surface area contributed by atoms with Gasteiger partial charge in [-0.1, -0.05) is 0 Å². The summed E-state index contributed by atoms with van der Waals surface area (Å²) < 4.78 is 5.15. The molecule has 1 saturated heterocycles. The highest BCUT2D eigenvalue weighted by atomic mass is 16.5. The van der Waals surface area contributed by atoms with Crippen LogP contribution in [0.25, 0.3) is 0 Å². The number of nitrogens with zero attached hydrogens (tertiary/aromatic N) is 1. The number of carbonyl (C=O) groups excluding carboxylic acids is 1. The summed E-state index contributed by atoms with van der Waals surface area (Å²) in [5.41, 5.74) is 5.65. The molecule has 2 atom stereocenters. The van der Waals surface area contributed by atoms with Gasteiger partial charge < -0.3 is 15.4 Å². The molecule has 0 radical (unpaired) electrons. The highest BCUT2D eigenvalue weighted by Crippen LogP contribution is 2.17. The van der Waals surface area contributed by atoms with E-state index >= 15 is 0 Å². The molecule has 2 N–H and O–H groups in total. The molecule has 0 aromatic heterocycles. The number of piperidine rings is 1. The second-order valence-corrected chi connectivity index (χ2v) is 4.82. The van der Waals surface area contributed by atoms with E-state index in [4.69, 9.17) is 10.5 Å². The van der Waals surface area contributed by atoms with Crippen LogP contribution in [0.2, 0.25) is 0 Å². The molecule has 4 heteroatoms. The second kappa shape index (κ2) is 6.86. The van der Waals surface area contributed by atoms with Crippen LogP contribution in [0.3, 0.4) is 0 Å². The molecule has 0 aromatic carbocycles. The summed E-state index contributed by atoms with van der Waals surface area (Å²) in [5, 5.41) is 0. The third-order valence-electron chi connectivity index (χ3n) is 3.09. The zero-order valence-corrected chi connectivity index (χ0v) is 10.4. The number of hydrogen-bond donors (Lipinski definition) is 1. The fourth-order valence-electron chi connectivity index (χ4n) is 2.17. The van der Waals surface area contributed by atoms with Crippen LogP contribution in [-0.4, -0.2) is 43.7 Å². The van der Waals surface area contributed by atoms with Crippen molar-refractivity contribution in [3.05, 3.63) is 0 Å².